The van der Waals surface area contributed by atoms with Crippen LogP contribution in [0.1, 0.15) is 13.3 Å². The number of carbonyl (C=O) groups is 1. The van der Waals surface area contributed by atoms with Gasteiger partial charge in [-0.2, -0.15) is 4.31 Å². The van der Waals surface area contributed by atoms with Crippen LogP contribution in [-0.2, 0) is 14.8 Å². The summed E-state index contributed by atoms with van der Waals surface area (Å²) in [7, 11) is -4.23. The molecule has 1 fully saturated rings. The number of halogens is 2. The molecule has 0 N–H and O–H groups in total. The van der Waals surface area contributed by atoms with Gasteiger partial charge in [0.15, 0.2) is 4.90 Å². The smallest absolute Gasteiger partial charge is 0.249 e. The molecule has 2 rings (SSSR count). The van der Waals surface area contributed by atoms with Gasteiger partial charge in [0, 0.05) is 32.6 Å². The van der Waals surface area contributed by atoms with Gasteiger partial charge in [-0.15, -0.1) is 0 Å². The van der Waals surface area contributed by atoms with Crippen molar-refractivity contribution in [1.29, 1.82) is 0 Å². The maximum Gasteiger partial charge on any atom is 0.249 e. The summed E-state index contributed by atoms with van der Waals surface area (Å²) in [6.07, 6.45) is 0.342. The SMILES string of the molecule is CCC(=O)N1CCN(S(=O)(=O)c2c(F)cccc2F)CC1. The van der Waals surface area contributed by atoms with Crippen LogP contribution in [0.25, 0.3) is 0 Å². The van der Waals surface area contributed by atoms with Crippen molar-refractivity contribution in [3.05, 3.63) is 29.8 Å². The molecular formula is C13H16F2N2O3S. The molecule has 21 heavy (non-hydrogen) atoms. The summed E-state index contributed by atoms with van der Waals surface area (Å²) < 4.78 is 52.9. The Labute approximate surface area is 122 Å². The van der Waals surface area contributed by atoms with Crippen molar-refractivity contribution in [3.8, 4) is 0 Å². The summed E-state index contributed by atoms with van der Waals surface area (Å²) in [5.41, 5.74) is 0. The van der Waals surface area contributed by atoms with Crippen LogP contribution in [-0.4, -0.2) is 49.7 Å². The lowest BCUT2D eigenvalue weighted by atomic mass is 10.3. The van der Waals surface area contributed by atoms with Crippen LogP contribution < -0.4 is 0 Å². The summed E-state index contributed by atoms with van der Waals surface area (Å²) >= 11 is 0. The Hall–Kier alpha value is -1.54. The van der Waals surface area contributed by atoms with Crippen molar-refractivity contribution < 1.29 is 22.0 Å². The molecule has 0 saturated carbocycles. The number of piperazine rings is 1. The molecule has 116 valence electrons. The molecule has 0 bridgehead atoms. The van der Waals surface area contributed by atoms with Gasteiger partial charge in [0.2, 0.25) is 15.9 Å². The maximum atomic E-state index is 13.7. The monoisotopic (exact) mass is 318 g/mol. The Balaban J connectivity index is 2.21. The van der Waals surface area contributed by atoms with E-state index < -0.39 is 26.6 Å². The minimum atomic E-state index is -4.23. The van der Waals surface area contributed by atoms with E-state index in [0.717, 1.165) is 22.5 Å². The Morgan fingerprint density at radius 2 is 1.67 bits per heavy atom. The van der Waals surface area contributed by atoms with Crippen LogP contribution in [0.4, 0.5) is 8.78 Å². The third-order valence-corrected chi connectivity index (χ3v) is 5.36. The minimum Gasteiger partial charge on any atom is -0.340 e. The van der Waals surface area contributed by atoms with Gasteiger partial charge < -0.3 is 4.90 Å². The molecule has 0 spiro atoms. The van der Waals surface area contributed by atoms with Gasteiger partial charge >= 0.3 is 0 Å². The molecule has 0 unspecified atom stereocenters. The number of amides is 1. The first-order chi connectivity index (χ1) is 9.87. The molecule has 5 nitrogen and oxygen atoms in total. The molecule has 0 aliphatic carbocycles. The maximum absolute atomic E-state index is 13.7. The fraction of sp³-hybridized carbons (Fsp3) is 0.462. The van der Waals surface area contributed by atoms with Gasteiger partial charge in [0.25, 0.3) is 0 Å². The molecule has 1 aromatic carbocycles. The molecule has 8 heteroatoms. The number of benzene rings is 1. The lowest BCUT2D eigenvalue weighted by Crippen LogP contribution is -2.50. The first-order valence-corrected chi connectivity index (χ1v) is 8.04. The highest BCUT2D eigenvalue weighted by molar-refractivity contribution is 7.89. The lowest BCUT2D eigenvalue weighted by molar-refractivity contribution is -0.132. The van der Waals surface area contributed by atoms with E-state index in [2.05, 4.69) is 0 Å². The second kappa shape index (κ2) is 6.07. The van der Waals surface area contributed by atoms with Crippen LogP contribution >= 0.6 is 0 Å². The number of nitrogens with zero attached hydrogens (tertiary/aromatic N) is 2. The van der Waals surface area contributed by atoms with Crippen molar-refractivity contribution in [2.24, 2.45) is 0 Å². The van der Waals surface area contributed by atoms with E-state index >= 15 is 0 Å². The quantitative estimate of drug-likeness (QED) is 0.842. The molecule has 1 aliphatic heterocycles. The van der Waals surface area contributed by atoms with Crippen LogP contribution in [0.3, 0.4) is 0 Å². The Kier molecular flexibility index (Phi) is 4.58. The van der Waals surface area contributed by atoms with Gasteiger partial charge in [-0.25, -0.2) is 17.2 Å². The van der Waals surface area contributed by atoms with Crippen molar-refractivity contribution in [3.63, 3.8) is 0 Å². The molecular weight excluding hydrogens is 302 g/mol. The van der Waals surface area contributed by atoms with Crippen molar-refractivity contribution in [2.75, 3.05) is 26.2 Å². The summed E-state index contributed by atoms with van der Waals surface area (Å²) in [6, 6.07) is 2.93. The summed E-state index contributed by atoms with van der Waals surface area (Å²) in [5, 5.41) is 0. The highest BCUT2D eigenvalue weighted by Crippen LogP contribution is 2.23. The predicted octanol–water partition coefficient (Wildman–Crippen LogP) is 1.21. The zero-order valence-corrected chi connectivity index (χ0v) is 12.4. The van der Waals surface area contributed by atoms with Crippen molar-refractivity contribution in [1.82, 2.24) is 9.21 Å². The lowest BCUT2D eigenvalue weighted by Gasteiger charge is -2.33. The molecule has 1 aromatic rings. The molecule has 1 saturated heterocycles. The fourth-order valence-corrected chi connectivity index (χ4v) is 3.79. The van der Waals surface area contributed by atoms with Gasteiger partial charge in [0.05, 0.1) is 0 Å². The van der Waals surface area contributed by atoms with E-state index in [-0.39, 0.29) is 32.1 Å². The highest BCUT2D eigenvalue weighted by atomic mass is 32.2. The highest BCUT2D eigenvalue weighted by Gasteiger charge is 2.33. The van der Waals surface area contributed by atoms with Crippen LogP contribution in [0, 0.1) is 11.6 Å². The fourth-order valence-electron chi connectivity index (χ4n) is 2.26. The van der Waals surface area contributed by atoms with E-state index in [0.29, 0.717) is 6.42 Å². The summed E-state index contributed by atoms with van der Waals surface area (Å²) in [6.45, 7) is 2.23. The molecule has 1 amide bonds. The van der Waals surface area contributed by atoms with Crippen molar-refractivity contribution in [2.45, 2.75) is 18.2 Å². The molecule has 1 heterocycles. The zero-order chi connectivity index (χ0) is 15.6. The summed E-state index contributed by atoms with van der Waals surface area (Å²) in [4.78, 5) is 12.2. The summed E-state index contributed by atoms with van der Waals surface area (Å²) in [5.74, 6) is -2.28. The van der Waals surface area contributed by atoms with E-state index in [1.807, 2.05) is 0 Å². The standard InChI is InChI=1S/C13H16F2N2O3S/c1-2-12(18)16-6-8-17(9-7-16)21(19,20)13-10(14)4-3-5-11(13)15/h3-5H,2,6-9H2,1H3. The second-order valence-electron chi connectivity index (χ2n) is 4.69. The topological polar surface area (TPSA) is 57.7 Å². The molecule has 0 aromatic heterocycles. The van der Waals surface area contributed by atoms with Gasteiger partial charge in [-0.1, -0.05) is 13.0 Å². The molecule has 0 atom stereocenters. The largest absolute Gasteiger partial charge is 0.340 e. The molecule has 1 aliphatic rings. The number of sulfonamides is 1. The molecule has 0 radical (unpaired) electrons. The van der Waals surface area contributed by atoms with Crippen molar-refractivity contribution >= 4 is 15.9 Å². The third-order valence-electron chi connectivity index (χ3n) is 3.41. The first kappa shape index (κ1) is 15.8. The number of hydrogen-bond acceptors (Lipinski definition) is 3. The van der Waals surface area contributed by atoms with E-state index in [1.54, 1.807) is 11.8 Å². The van der Waals surface area contributed by atoms with E-state index in [9.17, 15) is 22.0 Å². The average Bonchev–Trinajstić information content (AvgIpc) is 2.46. The number of carbonyl (C=O) groups excluding carboxylic acids is 1. The number of hydrogen-bond donors (Lipinski definition) is 0. The zero-order valence-electron chi connectivity index (χ0n) is 11.6. The average molecular weight is 318 g/mol. The van der Waals surface area contributed by atoms with Gasteiger partial charge in [-0.3, -0.25) is 4.79 Å². The van der Waals surface area contributed by atoms with Gasteiger partial charge in [0.1, 0.15) is 11.6 Å². The van der Waals surface area contributed by atoms with E-state index in [1.165, 1.54) is 0 Å². The van der Waals surface area contributed by atoms with Gasteiger partial charge in [-0.05, 0) is 12.1 Å². The Morgan fingerprint density at radius 1 is 1.14 bits per heavy atom. The number of rotatable bonds is 3. The Morgan fingerprint density at radius 3 is 2.14 bits per heavy atom. The normalized spacial score (nSPS) is 17.0. The van der Waals surface area contributed by atoms with Crippen LogP contribution in [0.15, 0.2) is 23.1 Å². The predicted molar refractivity (Wildman–Crippen MR) is 72.0 cm³/mol. The van der Waals surface area contributed by atoms with E-state index in [4.69, 9.17) is 0 Å². The first-order valence-electron chi connectivity index (χ1n) is 6.60. The second-order valence-corrected chi connectivity index (χ2v) is 6.56. The minimum absolute atomic E-state index is 0.0296. The Bertz CT molecular complexity index is 621. The van der Waals surface area contributed by atoms with Crippen LogP contribution in [0.5, 0.6) is 0 Å². The third kappa shape index (κ3) is 3.06. The van der Waals surface area contributed by atoms with Crippen LogP contribution in [0.2, 0.25) is 0 Å².